The number of hydrogen-bond donors (Lipinski definition) is 2. The molecule has 25 heavy (non-hydrogen) atoms. The third-order valence-electron chi connectivity index (χ3n) is 3.80. The largest absolute Gasteiger partial charge is 0.351 e. The van der Waals surface area contributed by atoms with Crippen molar-refractivity contribution in [2.45, 2.75) is 12.8 Å². The summed E-state index contributed by atoms with van der Waals surface area (Å²) in [6, 6.07) is 14.1. The molecule has 5 nitrogen and oxygen atoms in total. The summed E-state index contributed by atoms with van der Waals surface area (Å²) in [7, 11) is 0. The van der Waals surface area contributed by atoms with E-state index in [1.807, 2.05) is 42.5 Å². The van der Waals surface area contributed by atoms with Crippen LogP contribution in [0.1, 0.15) is 33.6 Å². The molecular formula is C20H20N4O. The van der Waals surface area contributed by atoms with Crippen LogP contribution in [-0.4, -0.2) is 27.6 Å². The molecule has 0 bridgehead atoms. The van der Waals surface area contributed by atoms with Gasteiger partial charge in [0.05, 0.1) is 0 Å². The number of amides is 1. The maximum absolute atomic E-state index is 12.3. The van der Waals surface area contributed by atoms with Crippen molar-refractivity contribution in [1.82, 2.24) is 20.5 Å². The number of aryl methyl sites for hydroxylation is 1. The molecule has 0 aliphatic heterocycles. The van der Waals surface area contributed by atoms with Gasteiger partial charge >= 0.3 is 0 Å². The fraction of sp³-hybridized carbons (Fsp3) is 0.150. The zero-order valence-electron chi connectivity index (χ0n) is 13.9. The molecule has 0 fully saturated rings. The van der Waals surface area contributed by atoms with Crippen LogP contribution in [0.4, 0.5) is 0 Å². The summed E-state index contributed by atoms with van der Waals surface area (Å²) in [6.45, 7) is 0.617. The van der Waals surface area contributed by atoms with E-state index >= 15 is 0 Å². The fourth-order valence-electron chi connectivity index (χ4n) is 2.49. The summed E-state index contributed by atoms with van der Waals surface area (Å²) >= 11 is 0. The first-order chi connectivity index (χ1) is 12.3. The predicted octanol–water partition coefficient (Wildman–Crippen LogP) is 3.34. The SMILES string of the molecule is O=C(NCCCc1ccccc1)c1n[nH]cc1/C=C/c1cccnc1. The van der Waals surface area contributed by atoms with E-state index in [0.29, 0.717) is 12.2 Å². The van der Waals surface area contributed by atoms with E-state index in [1.54, 1.807) is 18.6 Å². The Labute approximate surface area is 146 Å². The first-order valence-corrected chi connectivity index (χ1v) is 8.27. The molecule has 5 heteroatoms. The highest BCUT2D eigenvalue weighted by atomic mass is 16.1. The molecule has 0 aliphatic carbocycles. The van der Waals surface area contributed by atoms with Crippen LogP contribution in [0.5, 0.6) is 0 Å². The molecule has 0 unspecified atom stereocenters. The third-order valence-corrected chi connectivity index (χ3v) is 3.80. The normalized spacial score (nSPS) is 10.9. The molecule has 3 rings (SSSR count). The molecule has 0 radical (unpaired) electrons. The standard InChI is InChI=1S/C20H20N4O/c25-20(22-13-5-8-16-6-2-1-3-7-16)19-18(15-23-24-19)11-10-17-9-4-12-21-14-17/h1-4,6-7,9-12,14-15H,5,8,13H2,(H,22,25)(H,23,24)/b11-10+. The van der Waals surface area contributed by atoms with E-state index in [0.717, 1.165) is 24.0 Å². The predicted molar refractivity (Wildman–Crippen MR) is 98.8 cm³/mol. The van der Waals surface area contributed by atoms with Gasteiger partial charge in [-0.1, -0.05) is 48.6 Å². The van der Waals surface area contributed by atoms with E-state index in [-0.39, 0.29) is 5.91 Å². The molecule has 0 aliphatic rings. The molecule has 126 valence electrons. The minimum atomic E-state index is -0.167. The van der Waals surface area contributed by atoms with Crippen molar-refractivity contribution in [1.29, 1.82) is 0 Å². The average molecular weight is 332 g/mol. The van der Waals surface area contributed by atoms with E-state index in [1.165, 1.54) is 5.56 Å². The maximum atomic E-state index is 12.3. The van der Waals surface area contributed by atoms with Gasteiger partial charge in [-0.05, 0) is 30.0 Å². The van der Waals surface area contributed by atoms with Crippen LogP contribution in [-0.2, 0) is 6.42 Å². The maximum Gasteiger partial charge on any atom is 0.272 e. The molecule has 0 saturated carbocycles. The molecule has 1 aromatic carbocycles. The molecule has 1 amide bonds. The Kier molecular flexibility index (Phi) is 5.72. The summed E-state index contributed by atoms with van der Waals surface area (Å²) in [5.41, 5.74) is 3.40. The topological polar surface area (TPSA) is 70.7 Å². The second-order valence-corrected chi connectivity index (χ2v) is 5.65. The second-order valence-electron chi connectivity index (χ2n) is 5.65. The van der Waals surface area contributed by atoms with Gasteiger partial charge in [-0.2, -0.15) is 5.10 Å². The number of benzene rings is 1. The number of nitrogens with one attached hydrogen (secondary N) is 2. The lowest BCUT2D eigenvalue weighted by molar-refractivity contribution is 0.0948. The highest BCUT2D eigenvalue weighted by Crippen LogP contribution is 2.10. The number of H-pyrrole nitrogens is 1. The number of aromatic amines is 1. The summed E-state index contributed by atoms with van der Waals surface area (Å²) in [6.07, 6.45) is 10.8. The van der Waals surface area contributed by atoms with E-state index < -0.39 is 0 Å². The van der Waals surface area contributed by atoms with Crippen molar-refractivity contribution in [3.63, 3.8) is 0 Å². The van der Waals surface area contributed by atoms with Crippen LogP contribution < -0.4 is 5.32 Å². The number of pyridine rings is 1. The van der Waals surface area contributed by atoms with Gasteiger partial charge in [0.25, 0.3) is 5.91 Å². The summed E-state index contributed by atoms with van der Waals surface area (Å²) in [4.78, 5) is 16.4. The van der Waals surface area contributed by atoms with Crippen molar-refractivity contribution in [2.75, 3.05) is 6.54 Å². The quantitative estimate of drug-likeness (QED) is 0.652. The minimum absolute atomic E-state index is 0.167. The lowest BCUT2D eigenvalue weighted by Crippen LogP contribution is -2.25. The van der Waals surface area contributed by atoms with E-state index in [2.05, 4.69) is 32.6 Å². The molecule has 2 heterocycles. The van der Waals surface area contributed by atoms with Crippen molar-refractivity contribution < 1.29 is 4.79 Å². The first-order valence-electron chi connectivity index (χ1n) is 8.27. The number of rotatable bonds is 7. The Morgan fingerprint density at radius 2 is 2.00 bits per heavy atom. The van der Waals surface area contributed by atoms with Gasteiger partial charge in [0.1, 0.15) is 0 Å². The first kappa shape index (κ1) is 16.6. The Balaban J connectivity index is 1.53. The number of hydrogen-bond acceptors (Lipinski definition) is 3. The van der Waals surface area contributed by atoms with Gasteiger partial charge in [0.2, 0.25) is 0 Å². The highest BCUT2D eigenvalue weighted by Gasteiger charge is 2.12. The van der Waals surface area contributed by atoms with Gasteiger partial charge in [0.15, 0.2) is 5.69 Å². The average Bonchev–Trinajstić information content (AvgIpc) is 3.14. The molecule has 2 aromatic heterocycles. The van der Waals surface area contributed by atoms with Crippen LogP contribution >= 0.6 is 0 Å². The smallest absolute Gasteiger partial charge is 0.272 e. The number of carbonyl (C=O) groups is 1. The lowest BCUT2D eigenvalue weighted by atomic mass is 10.1. The van der Waals surface area contributed by atoms with Crippen molar-refractivity contribution in [3.05, 3.63) is 83.4 Å². The zero-order valence-corrected chi connectivity index (χ0v) is 13.9. The van der Waals surface area contributed by atoms with E-state index in [9.17, 15) is 4.79 Å². The Hall–Kier alpha value is -3.21. The van der Waals surface area contributed by atoms with Crippen molar-refractivity contribution in [2.24, 2.45) is 0 Å². The van der Waals surface area contributed by atoms with Gasteiger partial charge in [-0.15, -0.1) is 0 Å². The molecule has 0 spiro atoms. The fourth-order valence-corrected chi connectivity index (χ4v) is 2.49. The van der Waals surface area contributed by atoms with Crippen LogP contribution in [0.25, 0.3) is 12.2 Å². The van der Waals surface area contributed by atoms with Gasteiger partial charge in [0, 0.05) is 30.7 Å². The van der Waals surface area contributed by atoms with Gasteiger partial charge in [-0.3, -0.25) is 14.9 Å². The molecule has 3 aromatic rings. The highest BCUT2D eigenvalue weighted by molar-refractivity contribution is 5.96. The molecule has 0 saturated heterocycles. The third kappa shape index (κ3) is 4.88. The van der Waals surface area contributed by atoms with Gasteiger partial charge < -0.3 is 5.32 Å². The summed E-state index contributed by atoms with van der Waals surface area (Å²) in [5, 5.41) is 9.74. The molecule has 2 N–H and O–H groups in total. The zero-order chi connectivity index (χ0) is 17.3. The minimum Gasteiger partial charge on any atom is -0.351 e. The van der Waals surface area contributed by atoms with E-state index in [4.69, 9.17) is 0 Å². The second kappa shape index (κ2) is 8.59. The van der Waals surface area contributed by atoms with Crippen LogP contribution in [0.2, 0.25) is 0 Å². The number of carbonyl (C=O) groups excluding carboxylic acids is 1. The Morgan fingerprint density at radius 3 is 2.80 bits per heavy atom. The summed E-state index contributed by atoms with van der Waals surface area (Å²) < 4.78 is 0. The monoisotopic (exact) mass is 332 g/mol. The van der Waals surface area contributed by atoms with Crippen LogP contribution in [0.15, 0.2) is 61.1 Å². The lowest BCUT2D eigenvalue weighted by Gasteiger charge is -2.04. The molecular weight excluding hydrogens is 312 g/mol. The molecule has 0 atom stereocenters. The number of nitrogens with zero attached hydrogens (tertiary/aromatic N) is 2. The van der Waals surface area contributed by atoms with Crippen LogP contribution in [0.3, 0.4) is 0 Å². The Morgan fingerprint density at radius 1 is 1.12 bits per heavy atom. The van der Waals surface area contributed by atoms with Gasteiger partial charge in [-0.25, -0.2) is 0 Å². The van der Waals surface area contributed by atoms with Crippen molar-refractivity contribution in [3.8, 4) is 0 Å². The van der Waals surface area contributed by atoms with Crippen molar-refractivity contribution >= 4 is 18.1 Å². The number of aromatic nitrogens is 3. The Bertz CT molecular complexity index is 825. The van der Waals surface area contributed by atoms with Crippen LogP contribution in [0, 0.1) is 0 Å². The summed E-state index contributed by atoms with van der Waals surface area (Å²) in [5.74, 6) is -0.167.